The molecule has 0 spiro atoms. The van der Waals surface area contributed by atoms with Gasteiger partial charge in [0.2, 0.25) is 17.6 Å². The molecule has 0 bridgehead atoms. The Morgan fingerprint density at radius 1 is 1.00 bits per heavy atom. The fourth-order valence-corrected chi connectivity index (χ4v) is 4.97. The van der Waals surface area contributed by atoms with Crippen molar-refractivity contribution in [2.45, 2.75) is 38.0 Å². The lowest BCUT2D eigenvalue weighted by atomic mass is 9.90. The molecule has 0 N–H and O–H groups in total. The van der Waals surface area contributed by atoms with Gasteiger partial charge in [-0.1, -0.05) is 35.5 Å². The number of hydrogen-bond acceptors (Lipinski definition) is 7. The quantitative estimate of drug-likeness (QED) is 0.400. The molecule has 1 amide bonds. The minimum absolute atomic E-state index is 0.0456. The topological polar surface area (TPSA) is 94.8 Å². The molecule has 3 aromatic rings. The molecule has 2 heterocycles. The summed E-state index contributed by atoms with van der Waals surface area (Å²) in [6, 6.07) is 14.8. The molecule has 1 aliphatic heterocycles. The number of carbonyl (C=O) groups is 2. The van der Waals surface area contributed by atoms with Gasteiger partial charge in [-0.25, -0.2) is 0 Å². The molecular formula is C28H31N3O5. The highest BCUT2D eigenvalue weighted by Gasteiger charge is 2.40. The summed E-state index contributed by atoms with van der Waals surface area (Å²) in [5.41, 5.74) is 1.46. The van der Waals surface area contributed by atoms with Gasteiger partial charge in [-0.3, -0.25) is 9.59 Å². The predicted octanol–water partition coefficient (Wildman–Crippen LogP) is 4.76. The van der Waals surface area contributed by atoms with E-state index in [4.69, 9.17) is 14.0 Å². The normalized spacial score (nSPS) is 17.0. The number of carbonyl (C=O) groups excluding carboxylic acids is 2. The van der Waals surface area contributed by atoms with Crippen LogP contribution in [-0.2, 0) is 4.79 Å². The highest BCUT2D eigenvalue weighted by molar-refractivity contribution is 5.98. The second kappa shape index (κ2) is 10.5. The summed E-state index contributed by atoms with van der Waals surface area (Å²) in [5, 5.41) is 4.17. The Morgan fingerprint density at radius 2 is 1.72 bits per heavy atom. The van der Waals surface area contributed by atoms with Crippen LogP contribution in [-0.4, -0.2) is 54.0 Å². The summed E-state index contributed by atoms with van der Waals surface area (Å²) < 4.78 is 16.3. The first-order valence-corrected chi connectivity index (χ1v) is 12.5. The van der Waals surface area contributed by atoms with Crippen molar-refractivity contribution in [1.29, 1.82) is 0 Å². The Hall–Kier alpha value is -3.68. The predicted molar refractivity (Wildman–Crippen MR) is 133 cm³/mol. The summed E-state index contributed by atoms with van der Waals surface area (Å²) in [5.74, 6) is 2.67. The van der Waals surface area contributed by atoms with E-state index >= 15 is 0 Å². The average molecular weight is 490 g/mol. The maximum Gasteiger partial charge on any atom is 0.230 e. The van der Waals surface area contributed by atoms with E-state index in [-0.39, 0.29) is 29.9 Å². The van der Waals surface area contributed by atoms with E-state index in [0.717, 1.165) is 31.2 Å². The van der Waals surface area contributed by atoms with Crippen molar-refractivity contribution >= 4 is 11.7 Å². The van der Waals surface area contributed by atoms with Crippen molar-refractivity contribution < 1.29 is 23.6 Å². The molecule has 2 aliphatic rings. The van der Waals surface area contributed by atoms with Gasteiger partial charge in [0.25, 0.3) is 0 Å². The van der Waals surface area contributed by atoms with E-state index in [9.17, 15) is 9.59 Å². The molecule has 8 nitrogen and oxygen atoms in total. The fraction of sp³-hybridized carbons (Fsp3) is 0.429. The van der Waals surface area contributed by atoms with Crippen LogP contribution in [0.4, 0.5) is 0 Å². The second-order valence-electron chi connectivity index (χ2n) is 9.56. The zero-order valence-corrected chi connectivity index (χ0v) is 20.7. The van der Waals surface area contributed by atoms with E-state index in [1.54, 1.807) is 14.2 Å². The number of aromatic nitrogens is 2. The van der Waals surface area contributed by atoms with Gasteiger partial charge < -0.3 is 18.9 Å². The van der Waals surface area contributed by atoms with Gasteiger partial charge in [0, 0.05) is 42.5 Å². The first-order valence-electron chi connectivity index (χ1n) is 12.5. The van der Waals surface area contributed by atoms with E-state index in [1.807, 2.05) is 53.4 Å². The van der Waals surface area contributed by atoms with Crippen LogP contribution in [0.5, 0.6) is 11.5 Å². The van der Waals surface area contributed by atoms with Gasteiger partial charge in [-0.05, 0) is 49.8 Å². The molecule has 1 aliphatic carbocycles. The average Bonchev–Trinajstić information content (AvgIpc) is 3.66. The minimum atomic E-state index is -0.227. The molecule has 5 rings (SSSR count). The number of ketones is 1. The third-order valence-electron chi connectivity index (χ3n) is 7.25. The Morgan fingerprint density at radius 3 is 2.39 bits per heavy atom. The Balaban J connectivity index is 1.21. The molecule has 2 aromatic carbocycles. The van der Waals surface area contributed by atoms with Gasteiger partial charge in [0.1, 0.15) is 0 Å². The maximum atomic E-state index is 13.4. The third kappa shape index (κ3) is 5.12. The molecule has 0 unspecified atom stereocenters. The lowest BCUT2D eigenvalue weighted by Crippen LogP contribution is -2.42. The van der Waals surface area contributed by atoms with Gasteiger partial charge in [-0.15, -0.1) is 0 Å². The van der Waals surface area contributed by atoms with E-state index in [1.165, 1.54) is 0 Å². The van der Waals surface area contributed by atoms with Crippen LogP contribution in [0.1, 0.15) is 54.3 Å². The summed E-state index contributed by atoms with van der Waals surface area (Å²) >= 11 is 0. The summed E-state index contributed by atoms with van der Waals surface area (Å²) in [6.45, 7) is 1.25. The first kappa shape index (κ1) is 24.0. The molecule has 1 aromatic heterocycles. The molecule has 1 atom stereocenters. The third-order valence-corrected chi connectivity index (χ3v) is 7.25. The standard InChI is InChI=1S/C28H31N3O5/c1-34-24-11-10-21(16-25(24)35-2)26-29-27(36-30-26)20-12-14-31(15-13-20)28(33)22(18-8-9-18)17-23(32)19-6-4-3-5-7-19/h3-7,10-11,16,18,20,22H,8-9,12-15,17H2,1-2H3/t22-/m1/s1. The lowest BCUT2D eigenvalue weighted by Gasteiger charge is -2.33. The number of piperidine rings is 1. The first-order chi connectivity index (χ1) is 17.6. The summed E-state index contributed by atoms with van der Waals surface area (Å²) in [6.07, 6.45) is 3.84. The lowest BCUT2D eigenvalue weighted by molar-refractivity contribution is -0.137. The Kier molecular flexibility index (Phi) is 7.02. The molecule has 1 saturated heterocycles. The number of benzene rings is 2. The van der Waals surface area contributed by atoms with Gasteiger partial charge >= 0.3 is 0 Å². The molecular weight excluding hydrogens is 458 g/mol. The van der Waals surface area contributed by atoms with Gasteiger partial charge in [0.05, 0.1) is 14.2 Å². The number of nitrogens with zero attached hydrogens (tertiary/aromatic N) is 3. The molecule has 2 fully saturated rings. The smallest absolute Gasteiger partial charge is 0.230 e. The van der Waals surface area contributed by atoms with Crippen LogP contribution in [0.2, 0.25) is 0 Å². The van der Waals surface area contributed by atoms with E-state index in [2.05, 4.69) is 10.1 Å². The molecule has 8 heteroatoms. The number of amides is 1. The van der Waals surface area contributed by atoms with Crippen molar-refractivity contribution in [2.24, 2.45) is 11.8 Å². The van der Waals surface area contributed by atoms with Crippen LogP contribution < -0.4 is 9.47 Å². The van der Waals surface area contributed by atoms with E-state index < -0.39 is 0 Å². The zero-order valence-electron chi connectivity index (χ0n) is 20.7. The number of ether oxygens (including phenoxy) is 2. The summed E-state index contributed by atoms with van der Waals surface area (Å²) in [7, 11) is 3.18. The summed E-state index contributed by atoms with van der Waals surface area (Å²) in [4.78, 5) is 32.7. The van der Waals surface area contributed by atoms with Gasteiger partial charge in [0.15, 0.2) is 17.3 Å². The van der Waals surface area contributed by atoms with Crippen molar-refractivity contribution in [3.05, 3.63) is 60.0 Å². The highest BCUT2D eigenvalue weighted by atomic mass is 16.5. The molecule has 0 radical (unpaired) electrons. The SMILES string of the molecule is COc1ccc(-c2noc(C3CCN(C(=O)[C@H](CC(=O)c4ccccc4)C4CC4)CC3)n2)cc1OC. The number of likely N-dealkylation sites (tertiary alicyclic amines) is 1. The van der Waals surface area contributed by atoms with Gasteiger partial charge in [-0.2, -0.15) is 4.98 Å². The maximum absolute atomic E-state index is 13.4. The number of rotatable bonds is 9. The number of hydrogen-bond donors (Lipinski definition) is 0. The van der Waals surface area contributed by atoms with Crippen molar-refractivity contribution in [3.8, 4) is 22.9 Å². The number of methoxy groups -OCH3 is 2. The van der Waals surface area contributed by atoms with Crippen LogP contribution in [0, 0.1) is 11.8 Å². The molecule has 188 valence electrons. The van der Waals surface area contributed by atoms with E-state index in [0.29, 0.717) is 47.8 Å². The minimum Gasteiger partial charge on any atom is -0.493 e. The van der Waals surface area contributed by atoms with Crippen LogP contribution in [0.15, 0.2) is 53.1 Å². The number of Topliss-reactive ketones (excluding diaryl/α,β-unsaturated/α-hetero) is 1. The van der Waals surface area contributed by atoms with Crippen molar-refractivity contribution in [1.82, 2.24) is 15.0 Å². The van der Waals surface area contributed by atoms with Crippen molar-refractivity contribution in [3.63, 3.8) is 0 Å². The van der Waals surface area contributed by atoms with Crippen LogP contribution in [0.25, 0.3) is 11.4 Å². The Bertz CT molecular complexity index is 1210. The fourth-order valence-electron chi connectivity index (χ4n) is 4.97. The molecule has 36 heavy (non-hydrogen) atoms. The monoisotopic (exact) mass is 489 g/mol. The van der Waals surface area contributed by atoms with Crippen LogP contribution in [0.3, 0.4) is 0 Å². The van der Waals surface area contributed by atoms with Crippen molar-refractivity contribution in [2.75, 3.05) is 27.3 Å². The van der Waals surface area contributed by atoms with Crippen LogP contribution >= 0.6 is 0 Å². The largest absolute Gasteiger partial charge is 0.493 e. The second-order valence-corrected chi connectivity index (χ2v) is 9.56. The Labute approximate surface area is 210 Å². The molecule has 1 saturated carbocycles. The zero-order chi connectivity index (χ0) is 25.1. The highest BCUT2D eigenvalue weighted by Crippen LogP contribution is 2.41.